The monoisotopic (exact) mass is 224 g/mol. The Bertz CT molecular complexity index is 350. The van der Waals surface area contributed by atoms with Crippen molar-refractivity contribution in [2.45, 2.75) is 25.9 Å². The molecule has 0 unspecified atom stereocenters. The van der Waals surface area contributed by atoms with E-state index in [0.29, 0.717) is 6.79 Å². The van der Waals surface area contributed by atoms with Gasteiger partial charge in [0.1, 0.15) is 12.6 Å². The van der Waals surface area contributed by atoms with E-state index in [1.807, 2.05) is 18.2 Å². The van der Waals surface area contributed by atoms with E-state index in [1.165, 1.54) is 5.56 Å². The van der Waals surface area contributed by atoms with E-state index >= 15 is 0 Å². The van der Waals surface area contributed by atoms with E-state index in [4.69, 9.17) is 14.6 Å². The van der Waals surface area contributed by atoms with Crippen molar-refractivity contribution in [3.63, 3.8) is 0 Å². The molecule has 1 aromatic carbocycles. The van der Waals surface area contributed by atoms with Crippen molar-refractivity contribution in [1.29, 1.82) is 0 Å². The smallest absolute Gasteiger partial charge is 0.231 e. The Morgan fingerprint density at radius 2 is 2.19 bits per heavy atom. The molecular formula is C12H18NO3+. The molecular weight excluding hydrogens is 206 g/mol. The summed E-state index contributed by atoms with van der Waals surface area (Å²) in [7, 11) is 0. The van der Waals surface area contributed by atoms with Crippen molar-refractivity contribution < 1.29 is 19.9 Å². The average Bonchev–Trinajstić information content (AvgIpc) is 2.77. The zero-order valence-corrected chi connectivity index (χ0v) is 9.48. The molecule has 0 aliphatic carbocycles. The van der Waals surface area contributed by atoms with Crippen LogP contribution in [0.4, 0.5) is 0 Å². The van der Waals surface area contributed by atoms with E-state index < -0.39 is 0 Å². The second kappa shape index (κ2) is 5.18. The van der Waals surface area contributed by atoms with Crippen LogP contribution in [0, 0.1) is 0 Å². The summed E-state index contributed by atoms with van der Waals surface area (Å²) < 4.78 is 10.6. The summed E-state index contributed by atoms with van der Waals surface area (Å²) in [6.07, 6.45) is 0.973. The molecule has 3 N–H and O–H groups in total. The van der Waals surface area contributed by atoms with Crippen molar-refractivity contribution >= 4 is 0 Å². The molecule has 2 rings (SSSR count). The number of hydrogen-bond acceptors (Lipinski definition) is 3. The molecule has 0 bridgehead atoms. The third-order valence-electron chi connectivity index (χ3n) is 2.88. The zero-order valence-electron chi connectivity index (χ0n) is 9.48. The summed E-state index contributed by atoms with van der Waals surface area (Å²) in [5.74, 6) is 1.64. The highest BCUT2D eigenvalue weighted by Crippen LogP contribution is 2.32. The van der Waals surface area contributed by atoms with Gasteiger partial charge in [-0.15, -0.1) is 0 Å². The van der Waals surface area contributed by atoms with Gasteiger partial charge in [0.2, 0.25) is 6.79 Å². The Morgan fingerprint density at radius 1 is 1.38 bits per heavy atom. The summed E-state index contributed by atoms with van der Waals surface area (Å²) in [5.41, 5.74) is 1.19. The van der Waals surface area contributed by atoms with Crippen LogP contribution in [-0.2, 0) is 6.54 Å². The van der Waals surface area contributed by atoms with Crippen LogP contribution in [-0.4, -0.2) is 24.5 Å². The molecule has 4 heteroatoms. The number of aliphatic hydroxyl groups is 1. The largest absolute Gasteiger partial charge is 0.454 e. The standard InChI is InChI=1S/C12H17NO3/c1-2-10(7-14)13-6-9-3-4-11-12(5-9)16-8-15-11/h3-5,10,13-14H,2,6-8H2,1H3/p+1/t10-/m1/s1. The minimum Gasteiger partial charge on any atom is -0.454 e. The number of benzene rings is 1. The fourth-order valence-corrected chi connectivity index (χ4v) is 1.74. The predicted molar refractivity (Wildman–Crippen MR) is 59.4 cm³/mol. The second-order valence-corrected chi connectivity index (χ2v) is 3.98. The topological polar surface area (TPSA) is 55.3 Å². The molecule has 0 fully saturated rings. The van der Waals surface area contributed by atoms with Gasteiger partial charge in [-0.25, -0.2) is 0 Å². The molecule has 1 aromatic rings. The van der Waals surface area contributed by atoms with Gasteiger partial charge in [0.15, 0.2) is 11.5 Å². The average molecular weight is 224 g/mol. The Hall–Kier alpha value is -1.26. The summed E-state index contributed by atoms with van der Waals surface area (Å²) in [4.78, 5) is 0. The Morgan fingerprint density at radius 3 is 2.94 bits per heavy atom. The number of aliphatic hydroxyl groups excluding tert-OH is 1. The summed E-state index contributed by atoms with van der Waals surface area (Å²) in [6.45, 7) is 3.48. The van der Waals surface area contributed by atoms with Crippen LogP contribution in [0.3, 0.4) is 0 Å². The fraction of sp³-hybridized carbons (Fsp3) is 0.500. The number of quaternary nitrogens is 1. The van der Waals surface area contributed by atoms with Crippen LogP contribution in [0.25, 0.3) is 0 Å². The maximum absolute atomic E-state index is 9.08. The van der Waals surface area contributed by atoms with Crippen molar-refractivity contribution in [3.05, 3.63) is 23.8 Å². The molecule has 16 heavy (non-hydrogen) atoms. The minimum atomic E-state index is 0.223. The van der Waals surface area contributed by atoms with Crippen LogP contribution in [0.5, 0.6) is 11.5 Å². The van der Waals surface area contributed by atoms with Crippen molar-refractivity contribution in [2.75, 3.05) is 13.4 Å². The lowest BCUT2D eigenvalue weighted by atomic mass is 10.1. The molecule has 0 radical (unpaired) electrons. The normalized spacial score (nSPS) is 15.1. The number of rotatable bonds is 5. The molecule has 0 aromatic heterocycles. The molecule has 0 saturated carbocycles. The molecule has 0 amide bonds. The van der Waals surface area contributed by atoms with Crippen LogP contribution in [0.1, 0.15) is 18.9 Å². The van der Waals surface area contributed by atoms with Crippen molar-refractivity contribution in [1.82, 2.24) is 0 Å². The summed E-state index contributed by atoms with van der Waals surface area (Å²) in [5, 5.41) is 11.2. The quantitative estimate of drug-likeness (QED) is 0.754. The molecule has 4 nitrogen and oxygen atoms in total. The van der Waals surface area contributed by atoms with E-state index in [9.17, 15) is 0 Å². The highest BCUT2D eigenvalue weighted by Gasteiger charge is 2.14. The molecule has 88 valence electrons. The van der Waals surface area contributed by atoms with Gasteiger partial charge < -0.3 is 19.9 Å². The fourth-order valence-electron chi connectivity index (χ4n) is 1.74. The van der Waals surface area contributed by atoms with Crippen molar-refractivity contribution in [3.8, 4) is 11.5 Å². The molecule has 1 atom stereocenters. The highest BCUT2D eigenvalue weighted by molar-refractivity contribution is 5.44. The first-order chi connectivity index (χ1) is 7.83. The summed E-state index contributed by atoms with van der Waals surface area (Å²) in [6, 6.07) is 6.26. The summed E-state index contributed by atoms with van der Waals surface area (Å²) >= 11 is 0. The van der Waals surface area contributed by atoms with E-state index in [-0.39, 0.29) is 12.6 Å². The molecule has 0 saturated heterocycles. The zero-order chi connectivity index (χ0) is 11.4. The van der Waals surface area contributed by atoms with Gasteiger partial charge in [0, 0.05) is 5.56 Å². The van der Waals surface area contributed by atoms with E-state index in [2.05, 4.69) is 12.2 Å². The van der Waals surface area contributed by atoms with Gasteiger partial charge in [0.05, 0.1) is 6.61 Å². The van der Waals surface area contributed by atoms with Crippen LogP contribution in [0.15, 0.2) is 18.2 Å². The maximum Gasteiger partial charge on any atom is 0.231 e. The first-order valence-electron chi connectivity index (χ1n) is 5.66. The number of nitrogens with two attached hydrogens (primary N) is 1. The maximum atomic E-state index is 9.08. The van der Waals surface area contributed by atoms with Crippen molar-refractivity contribution in [2.24, 2.45) is 0 Å². The van der Waals surface area contributed by atoms with E-state index in [1.54, 1.807) is 0 Å². The third kappa shape index (κ3) is 2.46. The number of ether oxygens (including phenoxy) is 2. The number of hydrogen-bond donors (Lipinski definition) is 2. The Balaban J connectivity index is 1.95. The Kier molecular flexibility index (Phi) is 3.64. The van der Waals surface area contributed by atoms with Gasteiger partial charge in [-0.3, -0.25) is 0 Å². The minimum absolute atomic E-state index is 0.223. The SMILES string of the molecule is CC[C@H](CO)[NH2+]Cc1ccc2c(c1)OCO2. The molecule has 1 aliphatic heterocycles. The lowest BCUT2D eigenvalue weighted by molar-refractivity contribution is -0.706. The van der Waals surface area contributed by atoms with Gasteiger partial charge in [-0.2, -0.15) is 0 Å². The number of fused-ring (bicyclic) bond motifs is 1. The van der Waals surface area contributed by atoms with Gasteiger partial charge in [-0.1, -0.05) is 6.92 Å². The van der Waals surface area contributed by atoms with Crippen LogP contribution < -0.4 is 14.8 Å². The first-order valence-corrected chi connectivity index (χ1v) is 5.66. The first kappa shape index (κ1) is 11.2. The predicted octanol–water partition coefficient (Wildman–Crippen LogP) is 0.250. The van der Waals surface area contributed by atoms with Crippen LogP contribution in [0.2, 0.25) is 0 Å². The molecule has 0 spiro atoms. The van der Waals surface area contributed by atoms with Gasteiger partial charge in [0.25, 0.3) is 0 Å². The lowest BCUT2D eigenvalue weighted by Crippen LogP contribution is -2.89. The molecule has 1 aliphatic rings. The van der Waals surface area contributed by atoms with Gasteiger partial charge in [-0.05, 0) is 24.6 Å². The lowest BCUT2D eigenvalue weighted by Gasteiger charge is -2.10. The highest BCUT2D eigenvalue weighted by atomic mass is 16.7. The van der Waals surface area contributed by atoms with Crippen LogP contribution >= 0.6 is 0 Å². The van der Waals surface area contributed by atoms with E-state index in [0.717, 1.165) is 24.5 Å². The Labute approximate surface area is 95.2 Å². The second-order valence-electron chi connectivity index (χ2n) is 3.98. The van der Waals surface area contributed by atoms with Gasteiger partial charge >= 0.3 is 0 Å². The molecule has 1 heterocycles. The third-order valence-corrected chi connectivity index (χ3v) is 2.88.